The molecule has 1 aromatic carbocycles. The Labute approximate surface area is 180 Å². The molecule has 0 saturated carbocycles. The van der Waals surface area contributed by atoms with Crippen LogP contribution in [0.3, 0.4) is 0 Å². The number of nitrogens with zero attached hydrogens (tertiary/aromatic N) is 3. The average Bonchev–Trinajstić information content (AvgIpc) is 2.76. The molecule has 0 radical (unpaired) electrons. The highest BCUT2D eigenvalue weighted by atomic mass is 19.1. The van der Waals surface area contributed by atoms with Gasteiger partial charge < -0.3 is 15.1 Å². The van der Waals surface area contributed by atoms with Crippen molar-refractivity contribution >= 4 is 23.4 Å². The molecule has 2 aliphatic heterocycles. The Bertz CT molecular complexity index is 982. The molecule has 1 unspecified atom stereocenters. The van der Waals surface area contributed by atoms with E-state index < -0.39 is 6.04 Å². The SMILES string of the molecule is O=C(CCN1C(=O)CCc2cc(F)ccc21)NC1CCCN(Cc2ccccn2)C1=O. The van der Waals surface area contributed by atoms with Gasteiger partial charge in [0.1, 0.15) is 11.9 Å². The number of likely N-dealkylation sites (tertiary alicyclic amines) is 1. The number of anilines is 1. The second-order valence-corrected chi connectivity index (χ2v) is 7.91. The van der Waals surface area contributed by atoms with Crippen LogP contribution in [0.25, 0.3) is 0 Å². The maximum absolute atomic E-state index is 13.5. The topological polar surface area (TPSA) is 82.6 Å². The molecule has 2 aromatic rings. The van der Waals surface area contributed by atoms with Crippen LogP contribution in [-0.4, -0.2) is 46.7 Å². The summed E-state index contributed by atoms with van der Waals surface area (Å²) in [5, 5.41) is 2.82. The van der Waals surface area contributed by atoms with Gasteiger partial charge in [0.15, 0.2) is 0 Å². The van der Waals surface area contributed by atoms with Crippen molar-refractivity contribution in [3.8, 4) is 0 Å². The third-order valence-corrected chi connectivity index (χ3v) is 5.75. The number of fused-ring (bicyclic) bond motifs is 1. The molecule has 3 amide bonds. The lowest BCUT2D eigenvalue weighted by Crippen LogP contribution is -2.52. The third kappa shape index (κ3) is 4.90. The number of aryl methyl sites for hydroxylation is 1. The summed E-state index contributed by atoms with van der Waals surface area (Å²) in [7, 11) is 0. The summed E-state index contributed by atoms with van der Waals surface area (Å²) in [4.78, 5) is 45.2. The fraction of sp³-hybridized carbons (Fsp3) is 0.391. The molecule has 1 saturated heterocycles. The van der Waals surface area contributed by atoms with Crippen LogP contribution in [0, 0.1) is 5.82 Å². The van der Waals surface area contributed by atoms with Crippen LogP contribution in [-0.2, 0) is 27.3 Å². The van der Waals surface area contributed by atoms with Crippen molar-refractivity contribution in [2.75, 3.05) is 18.0 Å². The molecule has 1 fully saturated rings. The fourth-order valence-electron chi connectivity index (χ4n) is 4.17. The first-order valence-electron chi connectivity index (χ1n) is 10.6. The second-order valence-electron chi connectivity index (χ2n) is 7.91. The molecule has 1 aromatic heterocycles. The van der Waals surface area contributed by atoms with E-state index in [0.29, 0.717) is 38.0 Å². The molecule has 1 N–H and O–H groups in total. The van der Waals surface area contributed by atoms with Gasteiger partial charge in [-0.15, -0.1) is 0 Å². The number of amides is 3. The summed E-state index contributed by atoms with van der Waals surface area (Å²) >= 11 is 0. The van der Waals surface area contributed by atoms with Gasteiger partial charge in [0.05, 0.1) is 12.2 Å². The highest BCUT2D eigenvalue weighted by Gasteiger charge is 2.31. The largest absolute Gasteiger partial charge is 0.344 e. The zero-order chi connectivity index (χ0) is 21.8. The average molecular weight is 424 g/mol. The fourth-order valence-corrected chi connectivity index (χ4v) is 4.17. The smallest absolute Gasteiger partial charge is 0.245 e. The predicted molar refractivity (Wildman–Crippen MR) is 113 cm³/mol. The first-order valence-corrected chi connectivity index (χ1v) is 10.6. The van der Waals surface area contributed by atoms with Gasteiger partial charge in [-0.25, -0.2) is 4.39 Å². The maximum Gasteiger partial charge on any atom is 0.245 e. The van der Waals surface area contributed by atoms with E-state index in [1.807, 2.05) is 18.2 Å². The van der Waals surface area contributed by atoms with E-state index in [0.717, 1.165) is 17.7 Å². The zero-order valence-corrected chi connectivity index (χ0v) is 17.2. The minimum Gasteiger partial charge on any atom is -0.344 e. The number of pyridine rings is 1. The highest BCUT2D eigenvalue weighted by molar-refractivity contribution is 5.97. The summed E-state index contributed by atoms with van der Waals surface area (Å²) < 4.78 is 13.5. The summed E-state index contributed by atoms with van der Waals surface area (Å²) in [5.74, 6) is -0.806. The molecule has 0 aliphatic carbocycles. The van der Waals surface area contributed by atoms with Gasteiger partial charge in [-0.1, -0.05) is 6.07 Å². The van der Waals surface area contributed by atoms with Crippen molar-refractivity contribution in [1.29, 1.82) is 0 Å². The van der Waals surface area contributed by atoms with Crippen molar-refractivity contribution in [2.45, 2.75) is 44.7 Å². The van der Waals surface area contributed by atoms with Crippen LogP contribution in [0.5, 0.6) is 0 Å². The number of nitrogens with one attached hydrogen (secondary N) is 1. The Morgan fingerprint density at radius 2 is 2.06 bits per heavy atom. The van der Waals surface area contributed by atoms with Crippen molar-refractivity contribution in [2.24, 2.45) is 0 Å². The number of carbonyl (C=O) groups is 3. The van der Waals surface area contributed by atoms with E-state index in [4.69, 9.17) is 0 Å². The van der Waals surface area contributed by atoms with Gasteiger partial charge in [0.25, 0.3) is 0 Å². The number of hydrogen-bond donors (Lipinski definition) is 1. The Kier molecular flexibility index (Phi) is 6.25. The lowest BCUT2D eigenvalue weighted by atomic mass is 10.0. The molecule has 1 atom stereocenters. The van der Waals surface area contributed by atoms with Crippen molar-refractivity contribution in [3.63, 3.8) is 0 Å². The number of halogens is 1. The Morgan fingerprint density at radius 1 is 1.19 bits per heavy atom. The molecule has 8 heteroatoms. The number of carbonyl (C=O) groups excluding carboxylic acids is 3. The lowest BCUT2D eigenvalue weighted by Gasteiger charge is -2.33. The van der Waals surface area contributed by atoms with Crippen LogP contribution >= 0.6 is 0 Å². The first kappa shape index (κ1) is 21.0. The summed E-state index contributed by atoms with van der Waals surface area (Å²) in [6, 6.07) is 9.35. The monoisotopic (exact) mass is 424 g/mol. The molecular formula is C23H25FN4O3. The molecule has 4 rings (SSSR count). The number of aromatic nitrogens is 1. The van der Waals surface area contributed by atoms with Gasteiger partial charge >= 0.3 is 0 Å². The van der Waals surface area contributed by atoms with Gasteiger partial charge in [-0.3, -0.25) is 19.4 Å². The van der Waals surface area contributed by atoms with Gasteiger partial charge in [-0.05, 0) is 55.2 Å². The van der Waals surface area contributed by atoms with E-state index in [1.54, 1.807) is 17.2 Å². The van der Waals surface area contributed by atoms with Crippen LogP contribution in [0.1, 0.15) is 36.9 Å². The summed E-state index contributed by atoms with van der Waals surface area (Å²) in [5.41, 5.74) is 2.23. The van der Waals surface area contributed by atoms with Crippen LogP contribution < -0.4 is 10.2 Å². The zero-order valence-electron chi connectivity index (χ0n) is 17.2. The predicted octanol–water partition coefficient (Wildman–Crippen LogP) is 2.20. The second kappa shape index (κ2) is 9.24. The lowest BCUT2D eigenvalue weighted by molar-refractivity contribution is -0.139. The Hall–Kier alpha value is -3.29. The van der Waals surface area contributed by atoms with Crippen LogP contribution in [0.15, 0.2) is 42.6 Å². The summed E-state index contributed by atoms with van der Waals surface area (Å²) in [6.07, 6.45) is 3.95. The molecule has 0 spiro atoms. The molecule has 3 heterocycles. The molecular weight excluding hydrogens is 399 g/mol. The van der Waals surface area contributed by atoms with E-state index in [-0.39, 0.29) is 36.5 Å². The van der Waals surface area contributed by atoms with Crippen LogP contribution in [0.4, 0.5) is 10.1 Å². The number of hydrogen-bond acceptors (Lipinski definition) is 4. The number of rotatable bonds is 6. The quantitative estimate of drug-likeness (QED) is 0.771. The van der Waals surface area contributed by atoms with E-state index in [1.165, 1.54) is 17.0 Å². The van der Waals surface area contributed by atoms with Gasteiger partial charge in [0.2, 0.25) is 17.7 Å². The van der Waals surface area contributed by atoms with E-state index in [9.17, 15) is 18.8 Å². The molecule has 7 nitrogen and oxygen atoms in total. The minimum absolute atomic E-state index is 0.0760. The van der Waals surface area contributed by atoms with Crippen LogP contribution in [0.2, 0.25) is 0 Å². The highest BCUT2D eigenvalue weighted by Crippen LogP contribution is 2.28. The van der Waals surface area contributed by atoms with Gasteiger partial charge in [0, 0.05) is 37.8 Å². The molecule has 162 valence electrons. The van der Waals surface area contributed by atoms with E-state index in [2.05, 4.69) is 10.3 Å². The van der Waals surface area contributed by atoms with Gasteiger partial charge in [-0.2, -0.15) is 0 Å². The normalized spacial score (nSPS) is 18.7. The van der Waals surface area contributed by atoms with Crippen molar-refractivity contribution < 1.29 is 18.8 Å². The van der Waals surface area contributed by atoms with Crippen molar-refractivity contribution in [3.05, 3.63) is 59.7 Å². The maximum atomic E-state index is 13.5. The third-order valence-electron chi connectivity index (χ3n) is 5.75. The van der Waals surface area contributed by atoms with E-state index >= 15 is 0 Å². The number of piperidine rings is 1. The molecule has 0 bridgehead atoms. The number of benzene rings is 1. The Morgan fingerprint density at radius 3 is 2.87 bits per heavy atom. The first-order chi connectivity index (χ1) is 15.0. The minimum atomic E-state index is -0.566. The Balaban J connectivity index is 1.33. The summed E-state index contributed by atoms with van der Waals surface area (Å²) in [6.45, 7) is 1.25. The standard InChI is InChI=1S/C23H25FN4O3/c24-17-7-8-20-16(14-17)6-9-22(30)28(20)13-10-21(29)26-19-5-3-12-27(23(19)31)15-18-4-1-2-11-25-18/h1-2,4,7-8,11,14,19H,3,5-6,9-10,12-13,15H2,(H,26,29). The molecule has 31 heavy (non-hydrogen) atoms. The molecule has 2 aliphatic rings. The van der Waals surface area contributed by atoms with Crippen molar-refractivity contribution in [1.82, 2.24) is 15.2 Å².